The lowest BCUT2D eigenvalue weighted by atomic mass is 10.4. The normalized spacial score (nSPS) is 15.4. The van der Waals surface area contributed by atoms with Crippen LogP contribution in [0.25, 0.3) is 0 Å². The summed E-state index contributed by atoms with van der Waals surface area (Å²) in [4.78, 5) is 4.11. The molecule has 1 fully saturated rings. The predicted molar refractivity (Wildman–Crippen MR) is 72.1 cm³/mol. The Kier molecular flexibility index (Phi) is 3.84. The van der Waals surface area contributed by atoms with Gasteiger partial charge < -0.3 is 9.47 Å². The number of sulfonamides is 1. The van der Waals surface area contributed by atoms with Crippen molar-refractivity contribution < 1.29 is 17.9 Å². The minimum Gasteiger partial charge on any atom is -0.487 e. The third-order valence-corrected chi connectivity index (χ3v) is 2.90. The Morgan fingerprint density at radius 1 is 1.42 bits per heavy atom. The highest BCUT2D eigenvalue weighted by Crippen LogP contribution is 2.33. The van der Waals surface area contributed by atoms with Gasteiger partial charge in [-0.25, -0.2) is 13.4 Å². The fourth-order valence-corrected chi connectivity index (χ4v) is 2.03. The smallest absolute Gasteiger partial charge is 0.229 e. The Morgan fingerprint density at radius 3 is 2.63 bits per heavy atom. The highest BCUT2D eigenvalue weighted by Gasteiger charge is 2.25. The van der Waals surface area contributed by atoms with Gasteiger partial charge in [-0.2, -0.15) is 0 Å². The minimum absolute atomic E-state index is 0.0335. The topological polar surface area (TPSA) is 77.5 Å². The van der Waals surface area contributed by atoms with Gasteiger partial charge in [-0.3, -0.25) is 4.72 Å². The summed E-state index contributed by atoms with van der Waals surface area (Å²) in [5, 5.41) is 0. The zero-order valence-electron chi connectivity index (χ0n) is 11.2. The van der Waals surface area contributed by atoms with Gasteiger partial charge in [-0.05, 0) is 26.7 Å². The number of aromatic nitrogens is 1. The molecule has 6 nitrogen and oxygen atoms in total. The molecule has 0 saturated heterocycles. The molecule has 0 bridgehead atoms. The second-order valence-corrected chi connectivity index (χ2v) is 6.63. The van der Waals surface area contributed by atoms with E-state index in [9.17, 15) is 8.42 Å². The lowest BCUT2D eigenvalue weighted by Gasteiger charge is -2.14. The molecule has 1 heterocycles. The molecule has 0 spiro atoms. The second kappa shape index (κ2) is 5.24. The third-order valence-electron chi connectivity index (χ3n) is 2.31. The second-order valence-electron chi connectivity index (χ2n) is 4.88. The number of anilines is 1. The number of rotatable bonds is 6. The van der Waals surface area contributed by atoms with E-state index >= 15 is 0 Å². The molecule has 0 unspecified atom stereocenters. The lowest BCUT2D eigenvalue weighted by molar-refractivity contribution is 0.231. The standard InChI is InChI=1S/C12H18N2O4S/c1-8(2)17-12-6-10(14-19(3,15)16)11(7-13-12)18-9-4-5-9/h6-9H,4-5H2,1-3H3,(H,13,14). The van der Waals surface area contributed by atoms with E-state index in [1.54, 1.807) is 6.07 Å². The number of hydrogen-bond donors (Lipinski definition) is 1. The Morgan fingerprint density at radius 2 is 2.11 bits per heavy atom. The van der Waals surface area contributed by atoms with Crippen LogP contribution in [0.5, 0.6) is 11.6 Å². The van der Waals surface area contributed by atoms with Gasteiger partial charge in [0.2, 0.25) is 15.9 Å². The number of hydrogen-bond acceptors (Lipinski definition) is 5. The largest absolute Gasteiger partial charge is 0.487 e. The van der Waals surface area contributed by atoms with Crippen LogP contribution < -0.4 is 14.2 Å². The molecule has 1 N–H and O–H groups in total. The van der Waals surface area contributed by atoms with Crippen LogP contribution in [0, 0.1) is 0 Å². The molecule has 2 rings (SSSR count). The van der Waals surface area contributed by atoms with Crippen molar-refractivity contribution in [1.29, 1.82) is 0 Å². The monoisotopic (exact) mass is 286 g/mol. The Labute approximate surface area is 113 Å². The van der Waals surface area contributed by atoms with Gasteiger partial charge in [0.25, 0.3) is 0 Å². The van der Waals surface area contributed by atoms with Crippen LogP contribution in [0.1, 0.15) is 26.7 Å². The maximum Gasteiger partial charge on any atom is 0.229 e. The molecule has 19 heavy (non-hydrogen) atoms. The molecule has 0 aliphatic heterocycles. The molecule has 0 aromatic carbocycles. The van der Waals surface area contributed by atoms with Crippen LogP contribution in [0.15, 0.2) is 12.3 Å². The highest BCUT2D eigenvalue weighted by molar-refractivity contribution is 7.92. The lowest BCUT2D eigenvalue weighted by Crippen LogP contribution is -2.13. The van der Waals surface area contributed by atoms with Crippen molar-refractivity contribution in [3.63, 3.8) is 0 Å². The van der Waals surface area contributed by atoms with Crippen molar-refractivity contribution in [3.8, 4) is 11.6 Å². The van der Waals surface area contributed by atoms with Crippen molar-refractivity contribution in [2.24, 2.45) is 0 Å². The van der Waals surface area contributed by atoms with Gasteiger partial charge in [0.05, 0.1) is 30.3 Å². The van der Waals surface area contributed by atoms with E-state index in [-0.39, 0.29) is 12.2 Å². The highest BCUT2D eigenvalue weighted by atomic mass is 32.2. The quantitative estimate of drug-likeness (QED) is 0.862. The first kappa shape index (κ1) is 13.9. The summed E-state index contributed by atoms with van der Waals surface area (Å²) in [7, 11) is -3.37. The average molecular weight is 286 g/mol. The Balaban J connectivity index is 2.25. The van der Waals surface area contributed by atoms with Crippen molar-refractivity contribution >= 4 is 15.7 Å². The SMILES string of the molecule is CC(C)Oc1cc(NS(C)(=O)=O)c(OC2CC2)cn1. The van der Waals surface area contributed by atoms with Gasteiger partial charge in [0.15, 0.2) is 5.75 Å². The average Bonchev–Trinajstić information content (AvgIpc) is 3.02. The minimum atomic E-state index is -3.37. The van der Waals surface area contributed by atoms with Crippen LogP contribution in [0.4, 0.5) is 5.69 Å². The fraction of sp³-hybridized carbons (Fsp3) is 0.583. The predicted octanol–water partition coefficient (Wildman–Crippen LogP) is 1.78. The molecule has 0 atom stereocenters. The van der Waals surface area contributed by atoms with Crippen LogP contribution in [0.3, 0.4) is 0 Å². The van der Waals surface area contributed by atoms with E-state index in [0.29, 0.717) is 17.3 Å². The molecule has 1 aliphatic rings. The summed E-state index contributed by atoms with van der Waals surface area (Å²) in [5.41, 5.74) is 0.361. The summed E-state index contributed by atoms with van der Waals surface area (Å²) < 4.78 is 36.2. The fourth-order valence-electron chi connectivity index (χ4n) is 1.47. The summed E-state index contributed by atoms with van der Waals surface area (Å²) >= 11 is 0. The summed E-state index contributed by atoms with van der Waals surface area (Å²) in [6.07, 6.45) is 4.69. The molecule has 0 radical (unpaired) electrons. The van der Waals surface area contributed by atoms with Crippen molar-refractivity contribution in [1.82, 2.24) is 4.98 Å². The molecule has 7 heteroatoms. The summed E-state index contributed by atoms with van der Waals surface area (Å²) in [5.74, 6) is 0.799. The van der Waals surface area contributed by atoms with Gasteiger partial charge in [-0.1, -0.05) is 0 Å². The molecule has 1 aromatic heterocycles. The first-order chi connectivity index (χ1) is 8.83. The van der Waals surface area contributed by atoms with Gasteiger partial charge >= 0.3 is 0 Å². The van der Waals surface area contributed by atoms with Crippen LogP contribution in [0.2, 0.25) is 0 Å². The maximum absolute atomic E-state index is 11.4. The van der Waals surface area contributed by atoms with Crippen molar-refractivity contribution in [3.05, 3.63) is 12.3 Å². The zero-order valence-corrected chi connectivity index (χ0v) is 12.0. The molecular weight excluding hydrogens is 268 g/mol. The first-order valence-corrected chi connectivity index (χ1v) is 8.04. The summed E-state index contributed by atoms with van der Waals surface area (Å²) in [6, 6.07) is 1.54. The van der Waals surface area contributed by atoms with Crippen LogP contribution in [-0.4, -0.2) is 31.9 Å². The van der Waals surface area contributed by atoms with E-state index in [4.69, 9.17) is 9.47 Å². The molecule has 1 aliphatic carbocycles. The molecule has 106 valence electrons. The van der Waals surface area contributed by atoms with Crippen molar-refractivity contribution in [2.75, 3.05) is 11.0 Å². The molecule has 1 aromatic rings. The van der Waals surface area contributed by atoms with Gasteiger partial charge in [0.1, 0.15) is 0 Å². The Hall–Kier alpha value is -1.50. The number of nitrogens with zero attached hydrogens (tertiary/aromatic N) is 1. The van der Waals surface area contributed by atoms with Crippen molar-refractivity contribution in [2.45, 2.75) is 38.9 Å². The Bertz CT molecular complexity index is 553. The maximum atomic E-state index is 11.4. The molecule has 1 saturated carbocycles. The van der Waals surface area contributed by atoms with E-state index in [1.165, 1.54) is 6.20 Å². The van der Waals surface area contributed by atoms with Crippen LogP contribution >= 0.6 is 0 Å². The molecule has 0 amide bonds. The third kappa shape index (κ3) is 4.59. The summed E-state index contributed by atoms with van der Waals surface area (Å²) in [6.45, 7) is 3.75. The number of ether oxygens (including phenoxy) is 2. The number of pyridine rings is 1. The van der Waals surface area contributed by atoms with Gasteiger partial charge in [-0.15, -0.1) is 0 Å². The zero-order chi connectivity index (χ0) is 14.0. The van der Waals surface area contributed by atoms with E-state index in [0.717, 1.165) is 19.1 Å². The molecular formula is C12H18N2O4S. The van der Waals surface area contributed by atoms with E-state index in [1.807, 2.05) is 13.8 Å². The van der Waals surface area contributed by atoms with Crippen LogP contribution in [-0.2, 0) is 10.0 Å². The van der Waals surface area contributed by atoms with E-state index in [2.05, 4.69) is 9.71 Å². The first-order valence-electron chi connectivity index (χ1n) is 6.14. The van der Waals surface area contributed by atoms with E-state index < -0.39 is 10.0 Å². The number of nitrogens with one attached hydrogen (secondary N) is 1. The van der Waals surface area contributed by atoms with Gasteiger partial charge in [0, 0.05) is 6.07 Å².